The normalized spacial score (nSPS) is 25.0. The molecule has 1 aromatic heterocycles. The largest absolute Gasteiger partial charge is 0.444 e. The zero-order valence-electron chi connectivity index (χ0n) is 11.9. The number of amides is 1. The summed E-state index contributed by atoms with van der Waals surface area (Å²) in [6.45, 7) is 6.84. The van der Waals surface area contributed by atoms with Gasteiger partial charge in [0, 0.05) is 0 Å². The third-order valence-corrected chi connectivity index (χ3v) is 3.77. The number of aryl methyl sites for hydroxylation is 1. The Balaban J connectivity index is 1.89. The summed E-state index contributed by atoms with van der Waals surface area (Å²) in [5, 5.41) is 6.25. The summed E-state index contributed by atoms with van der Waals surface area (Å²) in [5.41, 5.74) is 0. The highest BCUT2D eigenvalue weighted by molar-refractivity contribution is 5.82. The van der Waals surface area contributed by atoms with Crippen LogP contribution in [-0.4, -0.2) is 23.5 Å². The van der Waals surface area contributed by atoms with Crippen LogP contribution in [0.15, 0.2) is 10.6 Å². The molecule has 1 saturated heterocycles. The number of nitrogens with one attached hydrogen (secondary N) is 2. The molecule has 106 valence electrons. The van der Waals surface area contributed by atoms with Crippen LogP contribution in [0.4, 0.5) is 0 Å². The van der Waals surface area contributed by atoms with Gasteiger partial charge in [0.05, 0.1) is 12.2 Å². The molecule has 0 bridgehead atoms. The topological polar surface area (TPSA) is 67.2 Å². The zero-order valence-corrected chi connectivity index (χ0v) is 11.9. The van der Waals surface area contributed by atoms with Crippen molar-refractivity contribution in [3.8, 4) is 0 Å². The first-order chi connectivity index (χ1) is 9.10. The molecular weight excluding hydrogens is 242 g/mol. The third kappa shape index (κ3) is 3.56. The molecule has 3 unspecified atom stereocenters. The summed E-state index contributed by atoms with van der Waals surface area (Å²) in [7, 11) is 0. The van der Waals surface area contributed by atoms with Gasteiger partial charge in [0.2, 0.25) is 11.8 Å². The Hall–Kier alpha value is -1.36. The molecule has 0 aliphatic carbocycles. The Bertz CT molecular complexity index is 430. The van der Waals surface area contributed by atoms with Gasteiger partial charge in [0.1, 0.15) is 11.8 Å². The van der Waals surface area contributed by atoms with E-state index in [9.17, 15) is 4.79 Å². The van der Waals surface area contributed by atoms with Crippen molar-refractivity contribution < 1.29 is 9.21 Å². The van der Waals surface area contributed by atoms with E-state index < -0.39 is 0 Å². The molecule has 5 nitrogen and oxygen atoms in total. The summed E-state index contributed by atoms with van der Waals surface area (Å²) in [6.07, 6.45) is 4.89. The second-order valence-corrected chi connectivity index (χ2v) is 5.34. The van der Waals surface area contributed by atoms with E-state index in [1.807, 2.05) is 13.8 Å². The van der Waals surface area contributed by atoms with Crippen LogP contribution in [0.2, 0.25) is 0 Å². The zero-order chi connectivity index (χ0) is 13.8. The van der Waals surface area contributed by atoms with Gasteiger partial charge in [0.15, 0.2) is 0 Å². The Morgan fingerprint density at radius 1 is 1.68 bits per heavy atom. The molecule has 2 N–H and O–H groups in total. The van der Waals surface area contributed by atoms with E-state index in [1.54, 1.807) is 6.20 Å². The van der Waals surface area contributed by atoms with Crippen molar-refractivity contribution in [1.82, 2.24) is 15.6 Å². The lowest BCUT2D eigenvalue weighted by Crippen LogP contribution is -2.49. The summed E-state index contributed by atoms with van der Waals surface area (Å²) >= 11 is 0. The number of carbonyl (C=O) groups excluding carboxylic acids is 1. The number of oxazole rings is 1. The first-order valence-corrected chi connectivity index (χ1v) is 7.06. The quantitative estimate of drug-likeness (QED) is 0.873. The monoisotopic (exact) mass is 265 g/mol. The Kier molecular flexibility index (Phi) is 4.58. The molecule has 5 heteroatoms. The highest BCUT2D eigenvalue weighted by Gasteiger charge is 2.27. The number of aromatic nitrogens is 1. The minimum atomic E-state index is -0.190. The van der Waals surface area contributed by atoms with Crippen molar-refractivity contribution in [3.05, 3.63) is 17.8 Å². The summed E-state index contributed by atoms with van der Waals surface area (Å²) in [6, 6.07) is -0.276. The SMILES string of the molecule is CCC1CCNC(C(=O)NC(C)c2ncc(C)o2)C1. The van der Waals surface area contributed by atoms with Gasteiger partial charge >= 0.3 is 0 Å². The lowest BCUT2D eigenvalue weighted by molar-refractivity contribution is -0.124. The van der Waals surface area contributed by atoms with Crippen molar-refractivity contribution >= 4 is 5.91 Å². The lowest BCUT2D eigenvalue weighted by atomic mass is 9.90. The van der Waals surface area contributed by atoms with Crippen molar-refractivity contribution in [2.45, 2.75) is 52.1 Å². The van der Waals surface area contributed by atoms with Crippen LogP contribution in [0, 0.1) is 12.8 Å². The maximum Gasteiger partial charge on any atom is 0.237 e. The van der Waals surface area contributed by atoms with Gasteiger partial charge in [0.25, 0.3) is 0 Å². The minimum Gasteiger partial charge on any atom is -0.444 e. The van der Waals surface area contributed by atoms with E-state index in [4.69, 9.17) is 4.42 Å². The van der Waals surface area contributed by atoms with Crippen molar-refractivity contribution in [3.63, 3.8) is 0 Å². The average molecular weight is 265 g/mol. The van der Waals surface area contributed by atoms with Crippen LogP contribution in [0.3, 0.4) is 0 Å². The molecule has 3 atom stereocenters. The second kappa shape index (κ2) is 6.19. The van der Waals surface area contributed by atoms with Crippen LogP contribution in [0.1, 0.15) is 50.8 Å². The standard InChI is InChI=1S/C14H23N3O2/c1-4-11-5-6-15-12(7-11)13(18)17-10(3)14-16-8-9(2)19-14/h8,10-12,15H,4-7H2,1-3H3,(H,17,18). The molecule has 2 heterocycles. The number of piperidine rings is 1. The van der Waals surface area contributed by atoms with Crippen molar-refractivity contribution in [1.29, 1.82) is 0 Å². The number of nitrogens with zero attached hydrogens (tertiary/aromatic N) is 1. The minimum absolute atomic E-state index is 0.0431. The van der Waals surface area contributed by atoms with Crippen LogP contribution in [-0.2, 0) is 4.79 Å². The smallest absolute Gasteiger partial charge is 0.237 e. The molecule has 1 fully saturated rings. The van der Waals surface area contributed by atoms with Gasteiger partial charge in [-0.1, -0.05) is 13.3 Å². The van der Waals surface area contributed by atoms with Gasteiger partial charge in [-0.15, -0.1) is 0 Å². The third-order valence-electron chi connectivity index (χ3n) is 3.77. The predicted octanol–water partition coefficient (Wildman–Crippen LogP) is 1.94. The first-order valence-electron chi connectivity index (χ1n) is 7.06. The molecule has 0 aromatic carbocycles. The van der Waals surface area contributed by atoms with E-state index in [2.05, 4.69) is 22.5 Å². The molecule has 2 rings (SSSR count). The second-order valence-electron chi connectivity index (χ2n) is 5.34. The first kappa shape index (κ1) is 14.1. The highest BCUT2D eigenvalue weighted by atomic mass is 16.4. The fourth-order valence-electron chi connectivity index (χ4n) is 2.51. The molecule has 0 spiro atoms. The van der Waals surface area contributed by atoms with Gasteiger partial charge in [-0.25, -0.2) is 4.98 Å². The van der Waals surface area contributed by atoms with Gasteiger partial charge in [-0.3, -0.25) is 4.79 Å². The van der Waals surface area contributed by atoms with Crippen LogP contribution >= 0.6 is 0 Å². The van der Waals surface area contributed by atoms with Crippen LogP contribution < -0.4 is 10.6 Å². The summed E-state index contributed by atoms with van der Waals surface area (Å²) in [4.78, 5) is 16.4. The Morgan fingerprint density at radius 2 is 2.47 bits per heavy atom. The maximum atomic E-state index is 12.2. The average Bonchev–Trinajstić information content (AvgIpc) is 2.85. The van der Waals surface area contributed by atoms with E-state index in [1.165, 1.54) is 0 Å². The van der Waals surface area contributed by atoms with Crippen LogP contribution in [0.25, 0.3) is 0 Å². The number of carbonyl (C=O) groups is 1. The maximum absolute atomic E-state index is 12.2. The molecular formula is C14H23N3O2. The summed E-state index contributed by atoms with van der Waals surface area (Å²) in [5.74, 6) is 2.02. The fraction of sp³-hybridized carbons (Fsp3) is 0.714. The summed E-state index contributed by atoms with van der Waals surface area (Å²) < 4.78 is 5.43. The molecule has 0 radical (unpaired) electrons. The van der Waals surface area contributed by atoms with Gasteiger partial charge in [-0.05, 0) is 39.2 Å². The van der Waals surface area contributed by atoms with Crippen LogP contribution in [0.5, 0.6) is 0 Å². The molecule has 1 aromatic rings. The van der Waals surface area contributed by atoms with Crippen molar-refractivity contribution in [2.75, 3.05) is 6.54 Å². The molecule has 1 amide bonds. The van der Waals surface area contributed by atoms with Crippen molar-refractivity contribution in [2.24, 2.45) is 5.92 Å². The Labute approximate surface area is 114 Å². The molecule has 1 aliphatic heterocycles. The number of hydrogen-bond donors (Lipinski definition) is 2. The Morgan fingerprint density at radius 3 is 3.11 bits per heavy atom. The van der Waals surface area contributed by atoms with E-state index in [0.717, 1.165) is 31.6 Å². The lowest BCUT2D eigenvalue weighted by Gasteiger charge is -2.29. The predicted molar refractivity (Wildman–Crippen MR) is 72.6 cm³/mol. The number of rotatable bonds is 4. The van der Waals surface area contributed by atoms with Gasteiger partial charge < -0.3 is 15.1 Å². The fourth-order valence-corrected chi connectivity index (χ4v) is 2.51. The molecule has 0 saturated carbocycles. The highest BCUT2D eigenvalue weighted by Crippen LogP contribution is 2.20. The molecule has 1 aliphatic rings. The van der Waals surface area contributed by atoms with E-state index in [0.29, 0.717) is 11.8 Å². The van der Waals surface area contributed by atoms with Gasteiger partial charge in [-0.2, -0.15) is 0 Å². The van der Waals surface area contributed by atoms with E-state index in [-0.39, 0.29) is 18.0 Å². The number of hydrogen-bond acceptors (Lipinski definition) is 4. The molecule has 19 heavy (non-hydrogen) atoms. The van der Waals surface area contributed by atoms with E-state index >= 15 is 0 Å².